The van der Waals surface area contributed by atoms with Gasteiger partial charge in [0.15, 0.2) is 0 Å². The van der Waals surface area contributed by atoms with Gasteiger partial charge in [0, 0.05) is 16.5 Å². The molecule has 0 atom stereocenters. The van der Waals surface area contributed by atoms with Crippen molar-refractivity contribution in [1.29, 1.82) is 0 Å². The molecule has 0 aromatic carbocycles. The first-order valence-electron chi connectivity index (χ1n) is 8.75. The first kappa shape index (κ1) is 15.3. The Morgan fingerprint density at radius 3 is 2.70 bits per heavy atom. The average molecular weight is 331 g/mol. The fourth-order valence-corrected chi connectivity index (χ4v) is 4.71. The molecule has 0 spiro atoms. The van der Waals surface area contributed by atoms with Gasteiger partial charge in [-0.25, -0.2) is 4.98 Å². The molecule has 0 amide bonds. The van der Waals surface area contributed by atoms with Gasteiger partial charge in [0.1, 0.15) is 10.7 Å². The number of thiophene rings is 1. The third-order valence-electron chi connectivity index (χ3n) is 4.78. The number of rotatable bonds is 3. The Morgan fingerprint density at radius 1 is 1.26 bits per heavy atom. The predicted octanol–water partition coefficient (Wildman–Crippen LogP) is 3.56. The average Bonchev–Trinajstić information content (AvgIpc) is 3.24. The summed E-state index contributed by atoms with van der Waals surface area (Å²) < 4.78 is 1.99. The Hall–Kier alpha value is -1.20. The largest absolute Gasteiger partial charge is 0.305 e. The van der Waals surface area contributed by atoms with Gasteiger partial charge in [-0.1, -0.05) is 0 Å². The Kier molecular flexibility index (Phi) is 3.61. The lowest BCUT2D eigenvalue weighted by Gasteiger charge is -2.21. The summed E-state index contributed by atoms with van der Waals surface area (Å²) in [5, 5.41) is 4.42. The van der Waals surface area contributed by atoms with E-state index in [1.807, 2.05) is 4.57 Å². The second kappa shape index (κ2) is 5.42. The minimum absolute atomic E-state index is 0.0236. The van der Waals surface area contributed by atoms with Gasteiger partial charge >= 0.3 is 0 Å². The zero-order valence-electron chi connectivity index (χ0n) is 14.2. The van der Waals surface area contributed by atoms with Crippen LogP contribution in [0.3, 0.4) is 0 Å². The van der Waals surface area contributed by atoms with E-state index in [-0.39, 0.29) is 11.1 Å². The highest BCUT2D eigenvalue weighted by atomic mass is 32.1. The van der Waals surface area contributed by atoms with Crippen LogP contribution in [0.15, 0.2) is 4.79 Å². The molecule has 4 nitrogen and oxygen atoms in total. The summed E-state index contributed by atoms with van der Waals surface area (Å²) in [4.78, 5) is 20.5. The molecule has 124 valence electrons. The van der Waals surface area contributed by atoms with E-state index in [9.17, 15) is 4.79 Å². The Bertz CT molecular complexity index is 808. The minimum atomic E-state index is 0.0236. The molecule has 1 fully saturated rings. The van der Waals surface area contributed by atoms with Gasteiger partial charge in [0.25, 0.3) is 5.56 Å². The molecule has 1 saturated carbocycles. The first-order chi connectivity index (χ1) is 10.9. The zero-order chi connectivity index (χ0) is 16.2. The fraction of sp³-hybridized carbons (Fsp3) is 0.667. The molecule has 0 bridgehead atoms. The second-order valence-electron chi connectivity index (χ2n) is 7.93. The van der Waals surface area contributed by atoms with Crippen LogP contribution < -0.4 is 10.9 Å². The second-order valence-corrected chi connectivity index (χ2v) is 9.01. The van der Waals surface area contributed by atoms with Crippen molar-refractivity contribution in [2.75, 3.05) is 0 Å². The first-order valence-corrected chi connectivity index (χ1v) is 9.56. The van der Waals surface area contributed by atoms with Crippen molar-refractivity contribution >= 4 is 21.6 Å². The van der Waals surface area contributed by atoms with E-state index in [0.29, 0.717) is 12.6 Å². The van der Waals surface area contributed by atoms with E-state index in [0.717, 1.165) is 41.7 Å². The normalized spacial score (nSPS) is 18.4. The van der Waals surface area contributed by atoms with Crippen molar-refractivity contribution in [2.24, 2.45) is 0 Å². The van der Waals surface area contributed by atoms with E-state index >= 15 is 0 Å². The van der Waals surface area contributed by atoms with Crippen molar-refractivity contribution in [3.05, 3.63) is 26.6 Å². The summed E-state index contributed by atoms with van der Waals surface area (Å²) in [6, 6.07) is 0.371. The summed E-state index contributed by atoms with van der Waals surface area (Å²) in [5.41, 5.74) is 1.54. The van der Waals surface area contributed by atoms with Gasteiger partial charge in [-0.3, -0.25) is 9.36 Å². The molecule has 2 aromatic heterocycles. The molecular weight excluding hydrogens is 306 g/mol. The lowest BCUT2D eigenvalue weighted by molar-refractivity contribution is 0.409. The Labute approximate surface area is 140 Å². The van der Waals surface area contributed by atoms with E-state index < -0.39 is 0 Å². The van der Waals surface area contributed by atoms with Crippen molar-refractivity contribution in [3.8, 4) is 0 Å². The highest BCUT2D eigenvalue weighted by Gasteiger charge is 2.30. The van der Waals surface area contributed by atoms with Crippen molar-refractivity contribution < 1.29 is 0 Å². The Morgan fingerprint density at radius 2 is 2.00 bits per heavy atom. The van der Waals surface area contributed by atoms with Gasteiger partial charge in [-0.15, -0.1) is 11.3 Å². The van der Waals surface area contributed by atoms with Crippen LogP contribution in [-0.4, -0.2) is 15.1 Å². The Balaban J connectivity index is 1.86. The molecule has 0 saturated heterocycles. The summed E-state index contributed by atoms with van der Waals surface area (Å²) in [6.07, 6.45) is 6.85. The van der Waals surface area contributed by atoms with Gasteiger partial charge in [-0.05, 0) is 64.9 Å². The SMILES string of the molecule is CC(C)(C)NCc1nc2sc3c(c2c(=O)n1C1CC1)CCCC3. The lowest BCUT2D eigenvalue weighted by Crippen LogP contribution is -2.37. The number of fused-ring (bicyclic) bond motifs is 3. The number of nitrogens with one attached hydrogen (secondary N) is 1. The zero-order valence-corrected chi connectivity index (χ0v) is 15.1. The number of aromatic nitrogens is 2. The topological polar surface area (TPSA) is 46.9 Å². The summed E-state index contributed by atoms with van der Waals surface area (Å²) >= 11 is 1.75. The highest BCUT2D eigenvalue weighted by Crippen LogP contribution is 2.38. The van der Waals surface area contributed by atoms with Crippen LogP contribution in [0.2, 0.25) is 0 Å². The molecule has 0 unspecified atom stereocenters. The standard InChI is InChI=1S/C18H25N3OS/c1-18(2,3)19-10-14-20-16-15(17(22)21(14)11-8-9-11)12-6-4-5-7-13(12)23-16/h11,19H,4-10H2,1-3H3. The summed E-state index contributed by atoms with van der Waals surface area (Å²) in [6.45, 7) is 7.10. The van der Waals surface area contributed by atoms with Crippen LogP contribution in [0, 0.1) is 0 Å². The van der Waals surface area contributed by atoms with Crippen molar-refractivity contribution in [3.63, 3.8) is 0 Å². The predicted molar refractivity (Wildman–Crippen MR) is 95.4 cm³/mol. The maximum absolute atomic E-state index is 13.2. The van der Waals surface area contributed by atoms with Crippen LogP contribution in [0.5, 0.6) is 0 Å². The third kappa shape index (κ3) is 2.85. The third-order valence-corrected chi connectivity index (χ3v) is 5.97. The molecule has 5 heteroatoms. The van der Waals surface area contributed by atoms with Gasteiger partial charge < -0.3 is 5.32 Å². The van der Waals surface area contributed by atoms with Crippen LogP contribution in [-0.2, 0) is 19.4 Å². The summed E-state index contributed by atoms with van der Waals surface area (Å²) in [7, 11) is 0. The van der Waals surface area contributed by atoms with Gasteiger partial charge in [0.2, 0.25) is 0 Å². The maximum Gasteiger partial charge on any atom is 0.262 e. The number of nitrogens with zero attached hydrogens (tertiary/aromatic N) is 2. The van der Waals surface area contributed by atoms with Gasteiger partial charge in [-0.2, -0.15) is 0 Å². The molecular formula is C18H25N3OS. The molecule has 1 N–H and O–H groups in total. The number of hydrogen-bond acceptors (Lipinski definition) is 4. The molecule has 2 aromatic rings. The van der Waals surface area contributed by atoms with E-state index in [4.69, 9.17) is 4.98 Å². The van der Waals surface area contributed by atoms with E-state index in [2.05, 4.69) is 26.1 Å². The quantitative estimate of drug-likeness (QED) is 0.935. The smallest absolute Gasteiger partial charge is 0.262 e. The molecule has 0 radical (unpaired) electrons. The van der Waals surface area contributed by atoms with Crippen LogP contribution in [0.25, 0.3) is 10.2 Å². The monoisotopic (exact) mass is 331 g/mol. The minimum Gasteiger partial charge on any atom is -0.305 e. The molecule has 23 heavy (non-hydrogen) atoms. The van der Waals surface area contributed by atoms with Crippen LogP contribution >= 0.6 is 11.3 Å². The van der Waals surface area contributed by atoms with E-state index in [1.165, 1.54) is 23.3 Å². The molecule has 4 rings (SSSR count). The van der Waals surface area contributed by atoms with Gasteiger partial charge in [0.05, 0.1) is 11.9 Å². The number of aryl methyl sites for hydroxylation is 2. The summed E-state index contributed by atoms with van der Waals surface area (Å²) in [5.74, 6) is 0.915. The molecule has 2 heterocycles. The highest BCUT2D eigenvalue weighted by molar-refractivity contribution is 7.18. The van der Waals surface area contributed by atoms with Crippen molar-refractivity contribution in [1.82, 2.24) is 14.9 Å². The van der Waals surface area contributed by atoms with Crippen molar-refractivity contribution in [2.45, 2.75) is 77.4 Å². The number of hydrogen-bond donors (Lipinski definition) is 1. The maximum atomic E-state index is 13.2. The molecule has 0 aliphatic heterocycles. The molecule has 2 aliphatic rings. The lowest BCUT2D eigenvalue weighted by atomic mass is 9.97. The molecule has 2 aliphatic carbocycles. The van der Waals surface area contributed by atoms with E-state index in [1.54, 1.807) is 11.3 Å². The fourth-order valence-electron chi connectivity index (χ4n) is 3.44. The van der Waals surface area contributed by atoms with Crippen LogP contribution in [0.1, 0.15) is 68.8 Å². The van der Waals surface area contributed by atoms with Crippen LogP contribution in [0.4, 0.5) is 0 Å².